The highest BCUT2D eigenvalue weighted by molar-refractivity contribution is 7.79. The van der Waals surface area contributed by atoms with Crippen LogP contribution in [0.25, 0.3) is 0 Å². The fraction of sp³-hybridized carbons (Fsp3) is 0. The maximum atomic E-state index is 12.0. The van der Waals surface area contributed by atoms with Gasteiger partial charge in [-0.1, -0.05) is 6.07 Å². The molecule has 2 aromatic carbocycles. The number of carbonyl (C=O) groups is 1. The number of hydrogen-bond donors (Lipinski definition) is 3. The Hall–Kier alpha value is -2.38. The van der Waals surface area contributed by atoms with Gasteiger partial charge in [-0.15, -0.1) is 0 Å². The van der Waals surface area contributed by atoms with Gasteiger partial charge < -0.3 is 20.7 Å². The molecule has 0 aliphatic carbocycles. The second-order valence-electron chi connectivity index (χ2n) is 3.99. The van der Waals surface area contributed by atoms with E-state index < -0.39 is 17.0 Å². The van der Waals surface area contributed by atoms with Crippen molar-refractivity contribution in [3.8, 4) is 5.75 Å². The Balaban J connectivity index is 2.27. The molecule has 2 aromatic rings. The van der Waals surface area contributed by atoms with Crippen LogP contribution in [0, 0.1) is 0 Å². The summed E-state index contributed by atoms with van der Waals surface area (Å²) in [4.78, 5) is 11.9. The lowest BCUT2D eigenvalue weighted by Gasteiger charge is -2.11. The second-order valence-corrected chi connectivity index (χ2v) is 4.93. The molecule has 4 N–H and O–H groups in total. The molecule has 20 heavy (non-hydrogen) atoms. The Bertz CT molecular complexity index is 688. The first kappa shape index (κ1) is 14.0. The number of carbonyl (C=O) groups excluding carboxylic acids is 1. The van der Waals surface area contributed by atoms with Gasteiger partial charge in [-0.05, 0) is 47.5 Å². The van der Waals surface area contributed by atoms with Crippen molar-refractivity contribution in [2.24, 2.45) is 0 Å². The lowest BCUT2D eigenvalue weighted by molar-refractivity contribution is 0.102. The molecule has 0 fully saturated rings. The van der Waals surface area contributed by atoms with E-state index in [9.17, 15) is 18.7 Å². The largest absolute Gasteiger partial charge is 0.768 e. The maximum Gasteiger partial charge on any atom is 0.255 e. The molecule has 0 aliphatic heterocycles. The van der Waals surface area contributed by atoms with E-state index in [1.54, 1.807) is 18.2 Å². The number of phenolic OH excluding ortho intramolecular Hbond substituents is 1. The summed E-state index contributed by atoms with van der Waals surface area (Å²) in [5.41, 5.74) is 6.32. The zero-order chi connectivity index (χ0) is 14.7. The van der Waals surface area contributed by atoms with Crippen LogP contribution in [0.15, 0.2) is 47.4 Å². The molecule has 0 aliphatic rings. The van der Waals surface area contributed by atoms with Crippen molar-refractivity contribution in [1.82, 2.24) is 0 Å². The van der Waals surface area contributed by atoms with Crippen LogP contribution < -0.4 is 11.1 Å². The van der Waals surface area contributed by atoms with E-state index in [-0.39, 0.29) is 16.3 Å². The predicted octanol–water partition coefficient (Wildman–Crippen LogP) is 1.46. The van der Waals surface area contributed by atoms with Crippen LogP contribution in [0.2, 0.25) is 0 Å². The van der Waals surface area contributed by atoms with Gasteiger partial charge in [0.15, 0.2) is 0 Å². The van der Waals surface area contributed by atoms with Gasteiger partial charge in [0.05, 0.1) is 5.69 Å². The van der Waals surface area contributed by atoms with Crippen LogP contribution in [0.4, 0.5) is 11.4 Å². The lowest BCUT2D eigenvalue weighted by atomic mass is 10.2. The van der Waals surface area contributed by atoms with Crippen molar-refractivity contribution in [1.29, 1.82) is 0 Å². The molecular weight excluding hydrogens is 280 g/mol. The Morgan fingerprint density at radius 2 is 2.00 bits per heavy atom. The Morgan fingerprint density at radius 3 is 2.65 bits per heavy atom. The van der Waals surface area contributed by atoms with E-state index in [0.29, 0.717) is 11.3 Å². The van der Waals surface area contributed by atoms with Crippen LogP contribution in [0.5, 0.6) is 5.75 Å². The summed E-state index contributed by atoms with van der Waals surface area (Å²) in [6.07, 6.45) is 0. The van der Waals surface area contributed by atoms with E-state index >= 15 is 0 Å². The average Bonchev–Trinajstić information content (AvgIpc) is 2.41. The standard InChI is InChI=1S/C13H12N2O4S/c14-9-3-1-2-8(6-9)13(17)15-11-7-10(20(18)19)4-5-12(11)16/h1-7,16H,14H2,(H,15,17)(H,18,19)/p-1. The summed E-state index contributed by atoms with van der Waals surface area (Å²) in [7, 11) is 0. The Labute approximate surface area is 117 Å². The minimum Gasteiger partial charge on any atom is -0.768 e. The molecule has 104 valence electrons. The molecule has 0 aromatic heterocycles. The first-order chi connectivity index (χ1) is 9.47. The van der Waals surface area contributed by atoms with Crippen molar-refractivity contribution in [2.75, 3.05) is 11.1 Å². The van der Waals surface area contributed by atoms with Crippen LogP contribution >= 0.6 is 0 Å². The summed E-state index contributed by atoms with van der Waals surface area (Å²) in [5, 5.41) is 12.1. The number of anilines is 2. The normalized spacial score (nSPS) is 11.8. The molecule has 1 atom stereocenters. The molecule has 1 unspecified atom stereocenters. The van der Waals surface area contributed by atoms with E-state index in [1.165, 1.54) is 24.3 Å². The molecule has 7 heteroatoms. The summed E-state index contributed by atoms with van der Waals surface area (Å²) in [6.45, 7) is 0. The summed E-state index contributed by atoms with van der Waals surface area (Å²) < 4.78 is 21.7. The highest BCUT2D eigenvalue weighted by Crippen LogP contribution is 2.26. The summed E-state index contributed by atoms with van der Waals surface area (Å²) in [6, 6.07) is 9.88. The molecule has 0 radical (unpaired) electrons. The fourth-order valence-electron chi connectivity index (χ4n) is 1.59. The van der Waals surface area contributed by atoms with E-state index in [4.69, 9.17) is 5.73 Å². The minimum absolute atomic E-state index is 0.0131. The van der Waals surface area contributed by atoms with Crippen molar-refractivity contribution in [3.63, 3.8) is 0 Å². The van der Waals surface area contributed by atoms with Crippen LogP contribution in [0.1, 0.15) is 10.4 Å². The summed E-state index contributed by atoms with van der Waals surface area (Å²) in [5.74, 6) is -0.724. The summed E-state index contributed by atoms with van der Waals surface area (Å²) >= 11 is -2.44. The predicted molar refractivity (Wildman–Crippen MR) is 74.1 cm³/mol. The highest BCUT2D eigenvalue weighted by atomic mass is 32.2. The Morgan fingerprint density at radius 1 is 1.25 bits per heavy atom. The lowest BCUT2D eigenvalue weighted by Crippen LogP contribution is -2.12. The molecule has 0 saturated heterocycles. The van der Waals surface area contributed by atoms with E-state index in [2.05, 4.69) is 5.32 Å². The average molecular weight is 291 g/mol. The van der Waals surface area contributed by atoms with Gasteiger partial charge in [-0.25, -0.2) is 0 Å². The van der Waals surface area contributed by atoms with Crippen LogP contribution in [-0.2, 0) is 11.1 Å². The topological polar surface area (TPSA) is 115 Å². The molecule has 2 rings (SSSR count). The number of hydrogen-bond acceptors (Lipinski definition) is 5. The number of nitrogen functional groups attached to an aromatic ring is 1. The van der Waals surface area contributed by atoms with Crippen molar-refractivity contribution < 1.29 is 18.7 Å². The van der Waals surface area contributed by atoms with Gasteiger partial charge in [0.2, 0.25) is 0 Å². The molecule has 0 bridgehead atoms. The molecular formula is C13H11N2O4S-. The Kier molecular flexibility index (Phi) is 4.02. The quantitative estimate of drug-likeness (QED) is 0.450. The van der Waals surface area contributed by atoms with Gasteiger partial charge in [-0.3, -0.25) is 9.00 Å². The zero-order valence-corrected chi connectivity index (χ0v) is 11.0. The van der Waals surface area contributed by atoms with Gasteiger partial charge in [0, 0.05) is 16.1 Å². The van der Waals surface area contributed by atoms with E-state index in [0.717, 1.165) is 0 Å². The number of nitrogens with two attached hydrogens (primary N) is 1. The van der Waals surface area contributed by atoms with Crippen LogP contribution in [-0.4, -0.2) is 19.8 Å². The molecule has 0 heterocycles. The monoisotopic (exact) mass is 291 g/mol. The number of rotatable bonds is 3. The zero-order valence-electron chi connectivity index (χ0n) is 10.2. The van der Waals surface area contributed by atoms with Gasteiger partial charge in [0.1, 0.15) is 5.75 Å². The van der Waals surface area contributed by atoms with Crippen molar-refractivity contribution >= 4 is 28.4 Å². The third kappa shape index (κ3) is 3.14. The first-order valence-electron chi connectivity index (χ1n) is 5.56. The SMILES string of the molecule is Nc1cccc(C(=O)Nc2cc(S(=O)[O-])ccc2O)c1. The number of phenols is 1. The van der Waals surface area contributed by atoms with Gasteiger partial charge >= 0.3 is 0 Å². The van der Waals surface area contributed by atoms with E-state index in [1.807, 2.05) is 0 Å². The molecule has 1 amide bonds. The van der Waals surface area contributed by atoms with Gasteiger partial charge in [-0.2, -0.15) is 0 Å². The smallest absolute Gasteiger partial charge is 0.255 e. The van der Waals surface area contributed by atoms with Crippen molar-refractivity contribution in [2.45, 2.75) is 4.90 Å². The first-order valence-corrected chi connectivity index (χ1v) is 6.64. The van der Waals surface area contributed by atoms with Gasteiger partial charge in [0.25, 0.3) is 5.91 Å². The third-order valence-corrected chi connectivity index (χ3v) is 3.20. The highest BCUT2D eigenvalue weighted by Gasteiger charge is 2.10. The second kappa shape index (κ2) is 5.72. The molecule has 0 saturated carbocycles. The molecule has 0 spiro atoms. The number of aromatic hydroxyl groups is 1. The maximum absolute atomic E-state index is 12.0. The third-order valence-electron chi connectivity index (χ3n) is 2.56. The number of benzene rings is 2. The minimum atomic E-state index is -2.44. The van der Waals surface area contributed by atoms with Crippen LogP contribution in [0.3, 0.4) is 0 Å². The van der Waals surface area contributed by atoms with Crippen molar-refractivity contribution in [3.05, 3.63) is 48.0 Å². The number of nitrogens with one attached hydrogen (secondary N) is 1. The number of amides is 1. The molecule has 6 nitrogen and oxygen atoms in total. The fourth-order valence-corrected chi connectivity index (χ4v) is 1.99.